The van der Waals surface area contributed by atoms with E-state index in [1.807, 2.05) is 13.8 Å². The fourth-order valence-electron chi connectivity index (χ4n) is 0.727. The maximum atomic E-state index is 11.4. The van der Waals surface area contributed by atoms with E-state index in [0.717, 1.165) is 0 Å². The highest BCUT2D eigenvalue weighted by Crippen LogP contribution is 2.22. The Morgan fingerprint density at radius 3 is 2.07 bits per heavy atom. The van der Waals surface area contributed by atoms with Gasteiger partial charge in [0.2, 0.25) is 0 Å². The first kappa shape index (κ1) is 13.5. The van der Waals surface area contributed by atoms with E-state index in [2.05, 4.69) is 5.09 Å². The van der Waals surface area contributed by atoms with E-state index >= 15 is 0 Å². The van der Waals surface area contributed by atoms with Gasteiger partial charge in [-0.2, -0.15) is 0 Å². The van der Waals surface area contributed by atoms with Gasteiger partial charge in [-0.15, -0.1) is 0 Å². The summed E-state index contributed by atoms with van der Waals surface area (Å²) in [6.07, 6.45) is -0.135. The first-order valence-corrected chi connectivity index (χ1v) is 6.10. The van der Waals surface area contributed by atoms with Crippen LogP contribution in [0.2, 0.25) is 0 Å². The molecule has 1 N–H and O–H groups in total. The lowest BCUT2D eigenvalue weighted by Gasteiger charge is -2.10. The van der Waals surface area contributed by atoms with Crippen molar-refractivity contribution < 1.29 is 14.1 Å². The first-order chi connectivity index (χ1) is 6.34. The zero-order chi connectivity index (χ0) is 11.3. The van der Waals surface area contributed by atoms with Crippen molar-refractivity contribution in [1.29, 1.82) is 0 Å². The number of carbonyl (C=O) groups excluding carboxylic acids is 1. The molecule has 2 atom stereocenters. The molecule has 0 aliphatic carbocycles. The molecule has 0 bridgehead atoms. The average molecular weight is 220 g/mol. The van der Waals surface area contributed by atoms with Crippen LogP contribution in [0.1, 0.15) is 34.6 Å². The lowest BCUT2D eigenvalue weighted by atomic mass is 10.4. The molecule has 0 aliphatic rings. The second-order valence-electron chi connectivity index (χ2n) is 3.76. The highest BCUT2D eigenvalue weighted by molar-refractivity contribution is 7.43. The molecule has 5 heteroatoms. The zero-order valence-electron chi connectivity index (χ0n) is 9.40. The molecule has 0 aromatic carbocycles. The summed E-state index contributed by atoms with van der Waals surface area (Å²) < 4.78 is 16.3. The molecule has 0 aromatic rings. The number of carbonyl (C=O) groups is 1. The van der Waals surface area contributed by atoms with E-state index in [1.165, 1.54) is 0 Å². The molecular formula is C9H19NO3P+. The van der Waals surface area contributed by atoms with Gasteiger partial charge in [-0.05, 0) is 34.6 Å². The van der Waals surface area contributed by atoms with Crippen LogP contribution in [-0.2, 0) is 14.1 Å². The fraction of sp³-hybridized carbons (Fsp3) is 0.889. The standard InChI is InChI=1S/C9H19NO3P/c1-6(2)13-9(11)8(5)10-14(12)7(3)4/h6-8H,1-5H3,(H,10,12)/q+1/t8-/m1/s1. The van der Waals surface area contributed by atoms with Gasteiger partial charge in [0.1, 0.15) is 6.04 Å². The van der Waals surface area contributed by atoms with Crippen LogP contribution in [0, 0.1) is 0 Å². The molecule has 0 aliphatic heterocycles. The van der Waals surface area contributed by atoms with Crippen molar-refractivity contribution in [2.24, 2.45) is 0 Å². The number of hydrogen-bond acceptors (Lipinski definition) is 3. The Bertz CT molecular complexity index is 216. The molecule has 0 heterocycles. The maximum absolute atomic E-state index is 11.4. The third-order valence-electron chi connectivity index (χ3n) is 1.50. The molecule has 82 valence electrons. The summed E-state index contributed by atoms with van der Waals surface area (Å²) in [6.45, 7) is 8.90. The van der Waals surface area contributed by atoms with E-state index in [4.69, 9.17) is 4.74 Å². The van der Waals surface area contributed by atoms with Gasteiger partial charge < -0.3 is 4.74 Å². The number of nitrogens with one attached hydrogen (secondary N) is 1. The Balaban J connectivity index is 4.01. The van der Waals surface area contributed by atoms with Crippen LogP contribution in [0.3, 0.4) is 0 Å². The van der Waals surface area contributed by atoms with Crippen molar-refractivity contribution in [2.45, 2.75) is 52.4 Å². The summed E-state index contributed by atoms with van der Waals surface area (Å²) in [7, 11) is -1.54. The van der Waals surface area contributed by atoms with Gasteiger partial charge in [0.25, 0.3) is 0 Å². The number of hydrogen-bond donors (Lipinski definition) is 1. The fourth-order valence-corrected chi connectivity index (χ4v) is 1.51. The summed E-state index contributed by atoms with van der Waals surface area (Å²) in [5, 5.41) is 2.72. The third kappa shape index (κ3) is 5.30. The van der Waals surface area contributed by atoms with Gasteiger partial charge in [0.05, 0.1) is 6.10 Å². The van der Waals surface area contributed by atoms with Gasteiger partial charge in [0.15, 0.2) is 5.66 Å². The molecule has 0 saturated carbocycles. The normalized spacial score (nSPS) is 14.4. The van der Waals surface area contributed by atoms with Crippen LogP contribution in [0.4, 0.5) is 0 Å². The van der Waals surface area contributed by atoms with Crippen LogP contribution < -0.4 is 5.09 Å². The SMILES string of the molecule is CC(C)OC(=O)[C@@H](C)N[P+](=O)C(C)C. The maximum Gasteiger partial charge on any atom is 0.435 e. The van der Waals surface area contributed by atoms with E-state index in [0.29, 0.717) is 0 Å². The highest BCUT2D eigenvalue weighted by Gasteiger charge is 2.28. The Morgan fingerprint density at radius 1 is 1.21 bits per heavy atom. The molecule has 0 saturated heterocycles. The third-order valence-corrected chi connectivity index (χ3v) is 3.08. The van der Waals surface area contributed by atoms with Crippen LogP contribution in [-0.4, -0.2) is 23.8 Å². The van der Waals surface area contributed by atoms with Crippen molar-refractivity contribution in [1.82, 2.24) is 5.09 Å². The topological polar surface area (TPSA) is 55.4 Å². The zero-order valence-corrected chi connectivity index (χ0v) is 10.3. The smallest absolute Gasteiger partial charge is 0.435 e. The van der Waals surface area contributed by atoms with E-state index < -0.39 is 14.0 Å². The first-order valence-electron chi connectivity index (χ1n) is 4.77. The van der Waals surface area contributed by atoms with E-state index in [-0.39, 0.29) is 17.7 Å². The van der Waals surface area contributed by atoms with Crippen molar-refractivity contribution >= 4 is 13.9 Å². The quantitative estimate of drug-likeness (QED) is 0.569. The number of esters is 1. The van der Waals surface area contributed by atoms with Crippen molar-refractivity contribution in [2.75, 3.05) is 0 Å². The van der Waals surface area contributed by atoms with Crippen LogP contribution in [0.5, 0.6) is 0 Å². The molecule has 0 spiro atoms. The molecule has 4 nitrogen and oxygen atoms in total. The Labute approximate surface area is 86.2 Å². The second kappa shape index (κ2) is 6.10. The summed E-state index contributed by atoms with van der Waals surface area (Å²) in [5.74, 6) is -0.357. The summed E-state index contributed by atoms with van der Waals surface area (Å²) in [4.78, 5) is 11.3. The molecule has 0 radical (unpaired) electrons. The molecule has 0 fully saturated rings. The van der Waals surface area contributed by atoms with E-state index in [1.54, 1.807) is 20.8 Å². The van der Waals surface area contributed by atoms with E-state index in [9.17, 15) is 9.36 Å². The molecular weight excluding hydrogens is 201 g/mol. The summed E-state index contributed by atoms with van der Waals surface area (Å²) in [6, 6.07) is -0.511. The monoisotopic (exact) mass is 220 g/mol. The minimum Gasteiger partial charge on any atom is -0.462 e. The Kier molecular flexibility index (Phi) is 5.89. The van der Waals surface area contributed by atoms with Gasteiger partial charge in [-0.3, -0.25) is 4.79 Å². The predicted octanol–water partition coefficient (Wildman–Crippen LogP) is 2.07. The molecule has 0 rings (SSSR count). The van der Waals surface area contributed by atoms with Crippen molar-refractivity contribution in [3.63, 3.8) is 0 Å². The van der Waals surface area contributed by atoms with Gasteiger partial charge >= 0.3 is 13.9 Å². The van der Waals surface area contributed by atoms with Gasteiger partial charge in [0, 0.05) is 0 Å². The molecule has 0 amide bonds. The van der Waals surface area contributed by atoms with Crippen LogP contribution in [0.25, 0.3) is 0 Å². The van der Waals surface area contributed by atoms with Gasteiger partial charge in [-0.1, -0.05) is 9.65 Å². The highest BCUT2D eigenvalue weighted by atomic mass is 31.1. The minimum atomic E-state index is -1.54. The van der Waals surface area contributed by atoms with Crippen LogP contribution >= 0.6 is 7.95 Å². The average Bonchev–Trinajstić information content (AvgIpc) is 2.02. The minimum absolute atomic E-state index is 0.0271. The number of ether oxygens (including phenoxy) is 1. The summed E-state index contributed by atoms with van der Waals surface area (Å²) >= 11 is 0. The van der Waals surface area contributed by atoms with Crippen LogP contribution in [0.15, 0.2) is 0 Å². The lowest BCUT2D eigenvalue weighted by molar-refractivity contribution is -0.148. The van der Waals surface area contributed by atoms with Crippen molar-refractivity contribution in [3.05, 3.63) is 0 Å². The largest absolute Gasteiger partial charge is 0.462 e. The summed E-state index contributed by atoms with van der Waals surface area (Å²) in [5.41, 5.74) is 0.0271. The molecule has 14 heavy (non-hydrogen) atoms. The predicted molar refractivity (Wildman–Crippen MR) is 56.6 cm³/mol. The van der Waals surface area contributed by atoms with Gasteiger partial charge in [-0.25, -0.2) is 0 Å². The Morgan fingerprint density at radius 2 is 1.71 bits per heavy atom. The number of rotatable bonds is 5. The van der Waals surface area contributed by atoms with Crippen molar-refractivity contribution in [3.8, 4) is 0 Å². The lowest BCUT2D eigenvalue weighted by Crippen LogP contribution is -2.33. The Hall–Kier alpha value is -0.470. The molecule has 1 unspecified atom stereocenters. The molecule has 0 aromatic heterocycles. The second-order valence-corrected chi connectivity index (χ2v) is 5.70.